The van der Waals surface area contributed by atoms with E-state index in [1.165, 1.54) is 17.9 Å². The average molecular weight is 682 g/mol. The average Bonchev–Trinajstić information content (AvgIpc) is 3.50. The van der Waals surface area contributed by atoms with Crippen LogP contribution in [0.2, 0.25) is 5.02 Å². The summed E-state index contributed by atoms with van der Waals surface area (Å²) in [7, 11) is 0. The highest BCUT2D eigenvalue weighted by molar-refractivity contribution is 6.32. The van der Waals surface area contributed by atoms with Crippen LogP contribution in [0.3, 0.4) is 0 Å². The minimum absolute atomic E-state index is 0.0202. The standard InChI is InChI=1S/C18H13ClF3NO7.C13H18N2O2/c1-2-28-16(24)9-29-17(25)12-8-11(4-5-14(12)23(26)27)30-15-6-3-10(7-13(15)19)18(20,21)22;16-12-10-7-4-8-11(10)14-13(17)15(12)9-5-2-1-3-6-9/h3-8H,2,9H2,1H3;9H,1-8H2,(H,14,17). The summed E-state index contributed by atoms with van der Waals surface area (Å²) in [5.41, 5.74) is -0.635. The Labute approximate surface area is 270 Å². The van der Waals surface area contributed by atoms with Gasteiger partial charge in [0.1, 0.15) is 17.1 Å². The first-order chi connectivity index (χ1) is 22.3. The van der Waals surface area contributed by atoms with Crippen LogP contribution in [0.5, 0.6) is 11.5 Å². The molecule has 1 saturated carbocycles. The van der Waals surface area contributed by atoms with Crippen LogP contribution >= 0.6 is 11.6 Å². The molecule has 2 aliphatic rings. The number of halogens is 4. The molecular weight excluding hydrogens is 651 g/mol. The van der Waals surface area contributed by atoms with Crippen molar-refractivity contribution < 1.29 is 41.9 Å². The topological polar surface area (TPSA) is 160 Å². The van der Waals surface area contributed by atoms with Gasteiger partial charge in [-0.3, -0.25) is 19.5 Å². The number of aromatic amines is 1. The third-order valence-electron chi connectivity index (χ3n) is 7.61. The van der Waals surface area contributed by atoms with E-state index in [1.54, 1.807) is 0 Å². The van der Waals surface area contributed by atoms with Crippen molar-refractivity contribution in [2.75, 3.05) is 13.2 Å². The van der Waals surface area contributed by atoms with Crippen molar-refractivity contribution in [3.05, 3.63) is 94.8 Å². The number of H-pyrrole nitrogens is 1. The van der Waals surface area contributed by atoms with Gasteiger partial charge in [-0.05, 0) is 63.3 Å². The number of hydrogen-bond donors (Lipinski definition) is 1. The van der Waals surface area contributed by atoms with Gasteiger partial charge in [-0.1, -0.05) is 30.9 Å². The van der Waals surface area contributed by atoms with Gasteiger partial charge in [-0.15, -0.1) is 0 Å². The zero-order chi connectivity index (χ0) is 34.3. The molecule has 1 aromatic heterocycles. The molecule has 5 rings (SSSR count). The van der Waals surface area contributed by atoms with Crippen molar-refractivity contribution in [1.82, 2.24) is 9.55 Å². The summed E-state index contributed by atoms with van der Waals surface area (Å²) in [6.07, 6.45) is 3.52. The molecule has 0 spiro atoms. The second kappa shape index (κ2) is 15.3. The molecule has 1 N–H and O–H groups in total. The molecule has 0 amide bonds. The first kappa shape index (κ1) is 35.2. The minimum Gasteiger partial charge on any atom is -0.463 e. The zero-order valence-electron chi connectivity index (χ0n) is 25.2. The Hall–Kier alpha value is -4.66. The normalized spacial score (nSPS) is 14.4. The van der Waals surface area contributed by atoms with Crippen molar-refractivity contribution in [1.29, 1.82) is 0 Å². The molecule has 0 unspecified atom stereocenters. The number of rotatable bonds is 8. The van der Waals surface area contributed by atoms with Crippen molar-refractivity contribution in [3.63, 3.8) is 0 Å². The molecule has 1 fully saturated rings. The van der Waals surface area contributed by atoms with Crippen molar-refractivity contribution in [3.8, 4) is 11.5 Å². The number of alkyl halides is 3. The van der Waals surface area contributed by atoms with Crippen LogP contribution < -0.4 is 16.0 Å². The van der Waals surface area contributed by atoms with Crippen molar-refractivity contribution in [2.24, 2.45) is 0 Å². The van der Waals surface area contributed by atoms with Crippen LogP contribution in [0.15, 0.2) is 46.0 Å². The lowest BCUT2D eigenvalue weighted by atomic mass is 9.95. The largest absolute Gasteiger partial charge is 0.463 e. The SMILES string of the molecule is CCOC(=O)COC(=O)c1cc(Oc2ccc(C(F)(F)F)cc2Cl)ccc1[N+](=O)[O-].O=c1[nH]c2c(c(=O)n1C1CCCCC1)CCC2. The monoisotopic (exact) mass is 681 g/mol. The lowest BCUT2D eigenvalue weighted by molar-refractivity contribution is -0.385. The van der Waals surface area contributed by atoms with Crippen LogP contribution in [0.25, 0.3) is 0 Å². The molecule has 16 heteroatoms. The number of fused-ring (bicyclic) bond motifs is 1. The fraction of sp³-hybridized carbons (Fsp3) is 0.419. The van der Waals surface area contributed by atoms with Crippen LogP contribution in [-0.2, 0) is 33.3 Å². The number of ether oxygens (including phenoxy) is 3. The molecule has 252 valence electrons. The van der Waals surface area contributed by atoms with Crippen LogP contribution in [-0.4, -0.2) is 39.6 Å². The molecule has 12 nitrogen and oxygen atoms in total. The van der Waals surface area contributed by atoms with E-state index in [-0.39, 0.29) is 40.4 Å². The summed E-state index contributed by atoms with van der Waals surface area (Å²) < 4.78 is 54.3. The van der Waals surface area contributed by atoms with E-state index in [2.05, 4.69) is 9.72 Å². The molecule has 0 aliphatic heterocycles. The summed E-state index contributed by atoms with van der Waals surface area (Å²) in [5, 5.41) is 10.8. The number of nitrogens with zero attached hydrogens (tertiary/aromatic N) is 2. The predicted octanol–water partition coefficient (Wildman–Crippen LogP) is 6.31. The molecule has 2 aromatic carbocycles. The van der Waals surface area contributed by atoms with E-state index in [1.807, 2.05) is 0 Å². The summed E-state index contributed by atoms with van der Waals surface area (Å²) in [6, 6.07) is 5.48. The first-order valence-electron chi connectivity index (χ1n) is 14.8. The molecule has 0 atom stereocenters. The van der Waals surface area contributed by atoms with E-state index in [9.17, 15) is 42.5 Å². The number of esters is 2. The first-order valence-corrected chi connectivity index (χ1v) is 15.2. The number of aromatic nitrogens is 2. The highest BCUT2D eigenvalue weighted by Crippen LogP contribution is 2.37. The quantitative estimate of drug-likeness (QED) is 0.163. The van der Waals surface area contributed by atoms with E-state index < -0.39 is 46.5 Å². The molecule has 1 heterocycles. The van der Waals surface area contributed by atoms with Gasteiger partial charge < -0.3 is 19.2 Å². The van der Waals surface area contributed by atoms with Gasteiger partial charge in [0.05, 0.1) is 22.1 Å². The smallest absolute Gasteiger partial charge is 0.416 e. The Balaban J connectivity index is 0.000000246. The Bertz CT molecular complexity index is 1770. The van der Waals surface area contributed by atoms with Gasteiger partial charge in [0.15, 0.2) is 6.61 Å². The van der Waals surface area contributed by atoms with Crippen LogP contribution in [0, 0.1) is 10.1 Å². The highest BCUT2D eigenvalue weighted by Gasteiger charge is 2.31. The van der Waals surface area contributed by atoms with Crippen molar-refractivity contribution in [2.45, 2.75) is 70.5 Å². The lowest BCUT2D eigenvalue weighted by Crippen LogP contribution is -2.40. The Morgan fingerprint density at radius 1 is 1.04 bits per heavy atom. The molecule has 0 bridgehead atoms. The molecule has 2 aliphatic carbocycles. The van der Waals surface area contributed by atoms with E-state index in [0.717, 1.165) is 86.5 Å². The lowest BCUT2D eigenvalue weighted by Gasteiger charge is -2.23. The zero-order valence-corrected chi connectivity index (χ0v) is 25.9. The second-order valence-electron chi connectivity index (χ2n) is 10.8. The highest BCUT2D eigenvalue weighted by atomic mass is 35.5. The Morgan fingerprint density at radius 2 is 1.77 bits per heavy atom. The molecule has 0 saturated heterocycles. The molecular formula is C31H31ClF3N3O9. The van der Waals surface area contributed by atoms with E-state index in [4.69, 9.17) is 21.1 Å². The van der Waals surface area contributed by atoms with Crippen LogP contribution in [0.4, 0.5) is 18.9 Å². The van der Waals surface area contributed by atoms with E-state index in [0.29, 0.717) is 6.07 Å². The summed E-state index contributed by atoms with van der Waals surface area (Å²) >= 11 is 5.81. The summed E-state index contributed by atoms with van der Waals surface area (Å²) in [6.45, 7) is 0.825. The number of nitro benzene ring substituents is 1. The number of hydrogen-bond acceptors (Lipinski definition) is 9. The Kier molecular flexibility index (Phi) is 11.4. The number of carbonyl (C=O) groups excluding carboxylic acids is 2. The number of nitro groups is 1. The fourth-order valence-electron chi connectivity index (χ4n) is 5.41. The number of benzene rings is 2. The van der Waals surface area contributed by atoms with Gasteiger partial charge in [0.25, 0.3) is 11.2 Å². The van der Waals surface area contributed by atoms with Crippen LogP contribution in [0.1, 0.15) is 78.7 Å². The molecule has 0 radical (unpaired) electrons. The Morgan fingerprint density at radius 3 is 2.40 bits per heavy atom. The number of nitrogens with one attached hydrogen (secondary N) is 1. The number of carbonyl (C=O) groups is 2. The predicted molar refractivity (Wildman–Crippen MR) is 162 cm³/mol. The van der Waals surface area contributed by atoms with Gasteiger partial charge >= 0.3 is 23.8 Å². The molecule has 47 heavy (non-hydrogen) atoms. The second-order valence-corrected chi connectivity index (χ2v) is 11.2. The maximum absolute atomic E-state index is 12.7. The van der Waals surface area contributed by atoms with Crippen molar-refractivity contribution >= 4 is 29.2 Å². The maximum atomic E-state index is 12.7. The van der Waals surface area contributed by atoms with Gasteiger partial charge in [-0.2, -0.15) is 13.2 Å². The maximum Gasteiger partial charge on any atom is 0.416 e. The fourth-order valence-corrected chi connectivity index (χ4v) is 5.63. The third kappa shape index (κ3) is 8.78. The molecule has 3 aromatic rings. The summed E-state index contributed by atoms with van der Waals surface area (Å²) in [5.74, 6) is -2.36. The van der Waals surface area contributed by atoms with Gasteiger partial charge in [0, 0.05) is 29.4 Å². The third-order valence-corrected chi connectivity index (χ3v) is 7.90. The van der Waals surface area contributed by atoms with E-state index >= 15 is 0 Å². The van der Waals surface area contributed by atoms with Gasteiger partial charge in [-0.25, -0.2) is 14.4 Å². The van der Waals surface area contributed by atoms with Gasteiger partial charge in [0.2, 0.25) is 0 Å². The summed E-state index contributed by atoms with van der Waals surface area (Å²) in [4.78, 5) is 61.0. The number of aryl methyl sites for hydroxylation is 1. The minimum atomic E-state index is -4.61.